The Morgan fingerprint density at radius 1 is 1.19 bits per heavy atom. The first-order valence-electron chi connectivity index (χ1n) is 9.47. The van der Waals surface area contributed by atoms with Crippen molar-refractivity contribution in [3.63, 3.8) is 0 Å². The van der Waals surface area contributed by atoms with Crippen molar-refractivity contribution in [3.05, 3.63) is 24.5 Å². The Morgan fingerprint density at radius 3 is 2.50 bits per heavy atom. The predicted octanol–water partition coefficient (Wildman–Crippen LogP) is 1.05. The van der Waals surface area contributed by atoms with E-state index in [-0.39, 0.29) is 11.9 Å². The number of aromatic nitrogens is 1. The summed E-state index contributed by atoms with van der Waals surface area (Å²) in [4.78, 5) is 32.8. The molecule has 0 spiro atoms. The SMILES string of the molecule is CC(OC(=O)CC1CCNCC1)C(=O)N1CCN(c2ccncc2)CC1. The van der Waals surface area contributed by atoms with Crippen molar-refractivity contribution in [2.75, 3.05) is 44.2 Å². The number of piperidine rings is 1. The zero-order valence-corrected chi connectivity index (χ0v) is 15.4. The zero-order chi connectivity index (χ0) is 18.4. The van der Waals surface area contributed by atoms with Crippen molar-refractivity contribution < 1.29 is 14.3 Å². The summed E-state index contributed by atoms with van der Waals surface area (Å²) in [5.74, 6) is 0.0150. The number of hydrogen-bond donors (Lipinski definition) is 1. The van der Waals surface area contributed by atoms with Crippen LogP contribution in [0.4, 0.5) is 5.69 Å². The third-order valence-electron chi connectivity index (χ3n) is 5.19. The van der Waals surface area contributed by atoms with E-state index >= 15 is 0 Å². The number of ether oxygens (including phenoxy) is 1. The van der Waals surface area contributed by atoms with Crippen molar-refractivity contribution in [2.45, 2.75) is 32.3 Å². The molecule has 0 radical (unpaired) electrons. The van der Waals surface area contributed by atoms with E-state index in [0.29, 0.717) is 25.4 Å². The van der Waals surface area contributed by atoms with Crippen molar-refractivity contribution >= 4 is 17.6 Å². The molecular weight excluding hydrogens is 332 g/mol. The van der Waals surface area contributed by atoms with Gasteiger partial charge in [0.05, 0.1) is 0 Å². The topological polar surface area (TPSA) is 74.8 Å². The summed E-state index contributed by atoms with van der Waals surface area (Å²) in [5.41, 5.74) is 1.12. The zero-order valence-electron chi connectivity index (χ0n) is 15.4. The van der Waals surface area contributed by atoms with Gasteiger partial charge in [0.25, 0.3) is 5.91 Å². The summed E-state index contributed by atoms with van der Waals surface area (Å²) in [6, 6.07) is 3.95. The number of anilines is 1. The molecule has 7 nitrogen and oxygen atoms in total. The first-order valence-corrected chi connectivity index (χ1v) is 9.47. The second-order valence-electron chi connectivity index (χ2n) is 7.05. The molecule has 1 amide bonds. The number of hydrogen-bond acceptors (Lipinski definition) is 6. The second-order valence-corrected chi connectivity index (χ2v) is 7.05. The van der Waals surface area contributed by atoms with Crippen molar-refractivity contribution in [1.82, 2.24) is 15.2 Å². The van der Waals surface area contributed by atoms with Gasteiger partial charge in [0.1, 0.15) is 0 Å². The molecule has 0 bridgehead atoms. The molecule has 1 atom stereocenters. The molecule has 1 aromatic rings. The summed E-state index contributed by atoms with van der Waals surface area (Å²) in [6.45, 7) is 6.39. The molecule has 1 unspecified atom stereocenters. The molecule has 1 aromatic heterocycles. The number of rotatable bonds is 5. The molecule has 7 heteroatoms. The van der Waals surface area contributed by atoms with Crippen LogP contribution in [-0.4, -0.2) is 67.1 Å². The molecule has 0 aromatic carbocycles. The van der Waals surface area contributed by atoms with Gasteiger partial charge in [-0.2, -0.15) is 0 Å². The predicted molar refractivity (Wildman–Crippen MR) is 98.8 cm³/mol. The number of piperazine rings is 1. The van der Waals surface area contributed by atoms with Crippen LogP contribution in [0.15, 0.2) is 24.5 Å². The molecule has 2 aliphatic heterocycles. The van der Waals surface area contributed by atoms with E-state index in [1.165, 1.54) is 0 Å². The highest BCUT2D eigenvalue weighted by molar-refractivity contribution is 5.83. The highest BCUT2D eigenvalue weighted by atomic mass is 16.5. The second kappa shape index (κ2) is 8.98. The van der Waals surface area contributed by atoms with Gasteiger partial charge in [0.2, 0.25) is 0 Å². The minimum Gasteiger partial charge on any atom is -0.453 e. The average molecular weight is 360 g/mol. The lowest BCUT2D eigenvalue weighted by atomic mass is 9.95. The van der Waals surface area contributed by atoms with Gasteiger partial charge in [-0.25, -0.2) is 0 Å². The first kappa shape index (κ1) is 18.6. The molecule has 3 rings (SSSR count). The van der Waals surface area contributed by atoms with Crippen molar-refractivity contribution in [3.8, 4) is 0 Å². The van der Waals surface area contributed by atoms with Gasteiger partial charge in [0, 0.05) is 50.7 Å². The minimum atomic E-state index is -0.711. The standard InChI is InChI=1S/C19H28N4O3/c1-15(26-18(24)14-16-2-6-20-7-3-16)19(25)23-12-10-22(11-13-23)17-4-8-21-9-5-17/h4-5,8-9,15-16,20H,2-3,6-7,10-14H2,1H3. The van der Waals surface area contributed by atoms with Gasteiger partial charge in [-0.3, -0.25) is 14.6 Å². The van der Waals surface area contributed by atoms with Crippen LogP contribution in [0, 0.1) is 5.92 Å². The lowest BCUT2D eigenvalue weighted by molar-refractivity contribution is -0.160. The average Bonchev–Trinajstić information content (AvgIpc) is 2.69. The summed E-state index contributed by atoms with van der Waals surface area (Å²) in [6.07, 6.45) is 5.24. The van der Waals surface area contributed by atoms with Crippen LogP contribution in [0.5, 0.6) is 0 Å². The number of pyridine rings is 1. The monoisotopic (exact) mass is 360 g/mol. The Balaban J connectivity index is 1.43. The largest absolute Gasteiger partial charge is 0.453 e. The van der Waals surface area contributed by atoms with Crippen LogP contribution >= 0.6 is 0 Å². The summed E-state index contributed by atoms with van der Waals surface area (Å²) >= 11 is 0. The van der Waals surface area contributed by atoms with E-state index in [1.807, 2.05) is 12.1 Å². The number of nitrogens with one attached hydrogen (secondary N) is 1. The maximum atomic E-state index is 12.6. The van der Waals surface area contributed by atoms with Gasteiger partial charge >= 0.3 is 5.97 Å². The number of esters is 1. The van der Waals surface area contributed by atoms with Crippen molar-refractivity contribution in [1.29, 1.82) is 0 Å². The fourth-order valence-electron chi connectivity index (χ4n) is 3.61. The highest BCUT2D eigenvalue weighted by Gasteiger charge is 2.28. The van der Waals surface area contributed by atoms with Crippen LogP contribution in [0.2, 0.25) is 0 Å². The molecule has 1 N–H and O–H groups in total. The molecule has 0 saturated carbocycles. The van der Waals surface area contributed by atoms with Gasteiger partial charge < -0.3 is 19.9 Å². The van der Waals surface area contributed by atoms with E-state index in [1.54, 1.807) is 24.2 Å². The molecule has 2 aliphatic rings. The molecular formula is C19H28N4O3. The third-order valence-corrected chi connectivity index (χ3v) is 5.19. The van der Waals surface area contributed by atoms with Crippen LogP contribution in [0.3, 0.4) is 0 Å². The Morgan fingerprint density at radius 2 is 1.85 bits per heavy atom. The van der Waals surface area contributed by atoms with E-state index in [9.17, 15) is 9.59 Å². The lowest BCUT2D eigenvalue weighted by Crippen LogP contribution is -2.51. The van der Waals surface area contributed by atoms with Gasteiger partial charge in [-0.05, 0) is 50.9 Å². The molecule has 142 valence electrons. The smallest absolute Gasteiger partial charge is 0.306 e. The Hall–Kier alpha value is -2.15. The fourth-order valence-corrected chi connectivity index (χ4v) is 3.61. The summed E-state index contributed by atoms with van der Waals surface area (Å²) < 4.78 is 5.41. The Labute approximate surface area is 154 Å². The molecule has 0 aliphatic carbocycles. The van der Waals surface area contributed by atoms with Gasteiger partial charge in [-0.1, -0.05) is 0 Å². The number of amides is 1. The van der Waals surface area contributed by atoms with Crippen LogP contribution in [-0.2, 0) is 14.3 Å². The fraction of sp³-hybridized carbons (Fsp3) is 0.632. The van der Waals surface area contributed by atoms with Crippen LogP contribution in [0.1, 0.15) is 26.2 Å². The normalized spacial score (nSPS) is 19.9. The lowest BCUT2D eigenvalue weighted by Gasteiger charge is -2.37. The third kappa shape index (κ3) is 4.94. The van der Waals surface area contributed by atoms with Gasteiger partial charge in [0.15, 0.2) is 6.10 Å². The first-order chi connectivity index (χ1) is 12.6. The van der Waals surface area contributed by atoms with E-state index in [2.05, 4.69) is 15.2 Å². The summed E-state index contributed by atoms with van der Waals surface area (Å²) in [7, 11) is 0. The molecule has 3 heterocycles. The summed E-state index contributed by atoms with van der Waals surface area (Å²) in [5, 5.41) is 3.28. The van der Waals surface area contributed by atoms with E-state index in [4.69, 9.17) is 4.74 Å². The van der Waals surface area contributed by atoms with E-state index < -0.39 is 6.10 Å². The van der Waals surface area contributed by atoms with Crippen LogP contribution in [0.25, 0.3) is 0 Å². The number of carbonyl (C=O) groups excluding carboxylic acids is 2. The Bertz CT molecular complexity index is 596. The quantitative estimate of drug-likeness (QED) is 0.791. The highest BCUT2D eigenvalue weighted by Crippen LogP contribution is 2.18. The van der Waals surface area contributed by atoms with E-state index in [0.717, 1.165) is 44.7 Å². The van der Waals surface area contributed by atoms with Gasteiger partial charge in [-0.15, -0.1) is 0 Å². The number of nitrogens with zero attached hydrogens (tertiary/aromatic N) is 3. The Kier molecular flexibility index (Phi) is 6.44. The molecule has 2 saturated heterocycles. The molecule has 2 fully saturated rings. The van der Waals surface area contributed by atoms with Crippen molar-refractivity contribution in [2.24, 2.45) is 5.92 Å². The maximum Gasteiger partial charge on any atom is 0.306 e. The number of carbonyl (C=O) groups is 2. The maximum absolute atomic E-state index is 12.6. The molecule has 26 heavy (non-hydrogen) atoms. The minimum absolute atomic E-state index is 0.0990. The van der Waals surface area contributed by atoms with Crippen LogP contribution < -0.4 is 10.2 Å².